The lowest BCUT2D eigenvalue weighted by Crippen LogP contribution is -2.53. The molecule has 11 heteroatoms. The summed E-state index contributed by atoms with van der Waals surface area (Å²) in [6, 6.07) is 18.4. The van der Waals surface area contributed by atoms with Gasteiger partial charge >= 0.3 is 0 Å². The number of anilines is 1. The predicted octanol–water partition coefficient (Wildman–Crippen LogP) is 4.42. The van der Waals surface area contributed by atoms with Gasteiger partial charge in [0.05, 0.1) is 19.1 Å². The van der Waals surface area contributed by atoms with Crippen molar-refractivity contribution in [1.82, 2.24) is 10.2 Å². The van der Waals surface area contributed by atoms with Gasteiger partial charge in [-0.1, -0.05) is 67.1 Å². The van der Waals surface area contributed by atoms with E-state index in [-0.39, 0.29) is 35.0 Å². The Balaban J connectivity index is 2.09. The monoisotopic (exact) mass is 589 g/mol. The highest BCUT2D eigenvalue weighted by molar-refractivity contribution is 7.92. The molecule has 0 spiro atoms. The van der Waals surface area contributed by atoms with Crippen molar-refractivity contribution in [2.75, 3.05) is 30.8 Å². The standard InChI is InChI=1S/C29H33ClFN3O5S/c1-4-16-32-29(36)26(17-21-10-6-5-7-11-21)33(19-22-12-8-9-13-24(22)31)28(35)20-34(40(3,37)38)25-18-23(30)14-15-27(25)39-2/h5-15,18,26H,4,16-17,19-20H2,1-3H3,(H,32,36)/t26-/m1/s1. The van der Waals surface area contributed by atoms with Crippen molar-refractivity contribution >= 4 is 39.1 Å². The van der Waals surface area contributed by atoms with Crippen LogP contribution in [0, 0.1) is 5.82 Å². The largest absolute Gasteiger partial charge is 0.495 e. The van der Waals surface area contributed by atoms with E-state index in [1.54, 1.807) is 6.07 Å². The molecule has 0 saturated carbocycles. The molecule has 3 rings (SSSR count). The molecule has 2 amide bonds. The first kappa shape index (κ1) is 30.9. The van der Waals surface area contributed by atoms with Gasteiger partial charge in [0.25, 0.3) is 0 Å². The lowest BCUT2D eigenvalue weighted by Gasteiger charge is -2.33. The summed E-state index contributed by atoms with van der Waals surface area (Å²) in [6.45, 7) is 1.35. The van der Waals surface area contributed by atoms with Crippen molar-refractivity contribution in [3.63, 3.8) is 0 Å². The number of nitrogens with zero attached hydrogens (tertiary/aromatic N) is 2. The molecular formula is C29H33ClFN3O5S. The quantitative estimate of drug-likeness (QED) is 0.318. The third-order valence-electron chi connectivity index (χ3n) is 6.21. The average Bonchev–Trinajstić information content (AvgIpc) is 2.93. The summed E-state index contributed by atoms with van der Waals surface area (Å²) in [4.78, 5) is 28.7. The summed E-state index contributed by atoms with van der Waals surface area (Å²) in [5, 5.41) is 3.07. The van der Waals surface area contributed by atoms with Crippen LogP contribution in [0.15, 0.2) is 72.8 Å². The maximum absolute atomic E-state index is 14.8. The molecule has 3 aromatic rings. The molecule has 1 atom stereocenters. The fourth-order valence-electron chi connectivity index (χ4n) is 4.18. The third-order valence-corrected chi connectivity index (χ3v) is 7.57. The summed E-state index contributed by atoms with van der Waals surface area (Å²) >= 11 is 6.16. The Bertz CT molecular complexity index is 1420. The number of hydrogen-bond acceptors (Lipinski definition) is 5. The molecule has 0 heterocycles. The number of amides is 2. The maximum Gasteiger partial charge on any atom is 0.244 e. The van der Waals surface area contributed by atoms with Gasteiger partial charge in [-0.2, -0.15) is 0 Å². The number of halogens is 2. The van der Waals surface area contributed by atoms with Crippen molar-refractivity contribution in [3.8, 4) is 5.75 Å². The fraction of sp³-hybridized carbons (Fsp3) is 0.310. The van der Waals surface area contributed by atoms with Crippen molar-refractivity contribution in [2.45, 2.75) is 32.4 Å². The number of carbonyl (C=O) groups excluding carboxylic acids is 2. The second-order valence-electron chi connectivity index (χ2n) is 9.20. The minimum atomic E-state index is -4.02. The van der Waals surface area contributed by atoms with Crippen LogP contribution < -0.4 is 14.4 Å². The van der Waals surface area contributed by atoms with E-state index < -0.39 is 40.2 Å². The number of rotatable bonds is 13. The molecule has 214 valence electrons. The zero-order valence-electron chi connectivity index (χ0n) is 22.6. The molecule has 0 aromatic heterocycles. The van der Waals surface area contributed by atoms with Crippen LogP contribution >= 0.6 is 11.6 Å². The molecule has 40 heavy (non-hydrogen) atoms. The van der Waals surface area contributed by atoms with Gasteiger partial charge in [-0.15, -0.1) is 0 Å². The van der Waals surface area contributed by atoms with E-state index in [2.05, 4.69) is 5.32 Å². The molecule has 0 aliphatic heterocycles. The van der Waals surface area contributed by atoms with Gasteiger partial charge < -0.3 is 15.0 Å². The van der Waals surface area contributed by atoms with E-state index in [1.165, 1.54) is 48.4 Å². The van der Waals surface area contributed by atoms with Gasteiger partial charge in [0.1, 0.15) is 24.2 Å². The average molecular weight is 590 g/mol. The first-order valence-electron chi connectivity index (χ1n) is 12.7. The SMILES string of the molecule is CCCNC(=O)[C@@H](Cc1ccccc1)N(Cc1ccccc1F)C(=O)CN(c1cc(Cl)ccc1OC)S(C)(=O)=O. The molecule has 8 nitrogen and oxygen atoms in total. The molecule has 0 aliphatic rings. The number of benzene rings is 3. The molecule has 0 aliphatic carbocycles. The second kappa shape index (κ2) is 14.1. The third kappa shape index (κ3) is 8.19. The van der Waals surface area contributed by atoms with Gasteiger partial charge in [0, 0.05) is 30.1 Å². The predicted molar refractivity (Wildman–Crippen MR) is 154 cm³/mol. The molecule has 0 fully saturated rings. The fourth-order valence-corrected chi connectivity index (χ4v) is 5.19. The minimum Gasteiger partial charge on any atom is -0.495 e. The highest BCUT2D eigenvalue weighted by Crippen LogP contribution is 2.33. The van der Waals surface area contributed by atoms with Crippen LogP contribution in [0.2, 0.25) is 5.02 Å². The topological polar surface area (TPSA) is 96.0 Å². The van der Waals surface area contributed by atoms with Crippen LogP contribution in [0.1, 0.15) is 24.5 Å². The molecule has 0 saturated heterocycles. The number of carbonyl (C=O) groups is 2. The van der Waals surface area contributed by atoms with E-state index in [4.69, 9.17) is 16.3 Å². The number of ether oxygens (including phenoxy) is 1. The second-order valence-corrected chi connectivity index (χ2v) is 11.5. The molecule has 0 radical (unpaired) electrons. The Kier molecular flexibility index (Phi) is 10.9. The van der Waals surface area contributed by atoms with E-state index in [0.29, 0.717) is 13.0 Å². The van der Waals surface area contributed by atoms with E-state index >= 15 is 0 Å². The number of hydrogen-bond donors (Lipinski definition) is 1. The summed E-state index contributed by atoms with van der Waals surface area (Å²) < 4.78 is 46.9. The van der Waals surface area contributed by atoms with Crippen LogP contribution in [0.4, 0.5) is 10.1 Å². The Morgan fingerprint density at radius 1 is 1.05 bits per heavy atom. The van der Waals surface area contributed by atoms with Crippen LogP contribution in [0.5, 0.6) is 5.75 Å². The molecule has 3 aromatic carbocycles. The Hall–Kier alpha value is -3.63. The van der Waals surface area contributed by atoms with Gasteiger partial charge in [-0.25, -0.2) is 12.8 Å². The number of methoxy groups -OCH3 is 1. The smallest absolute Gasteiger partial charge is 0.244 e. The van der Waals surface area contributed by atoms with E-state index in [9.17, 15) is 22.4 Å². The van der Waals surface area contributed by atoms with Crippen molar-refractivity contribution < 1.29 is 27.1 Å². The highest BCUT2D eigenvalue weighted by Gasteiger charge is 2.34. The molecule has 0 unspecified atom stereocenters. The summed E-state index contributed by atoms with van der Waals surface area (Å²) in [5.74, 6) is -1.50. The van der Waals surface area contributed by atoms with Gasteiger partial charge in [-0.05, 0) is 36.2 Å². The molecular weight excluding hydrogens is 557 g/mol. The first-order chi connectivity index (χ1) is 19.0. The number of nitrogens with one attached hydrogen (secondary N) is 1. The normalized spacial score (nSPS) is 11.9. The van der Waals surface area contributed by atoms with Crippen molar-refractivity contribution in [2.24, 2.45) is 0 Å². The van der Waals surface area contributed by atoms with E-state index in [1.807, 2.05) is 37.3 Å². The lowest BCUT2D eigenvalue weighted by atomic mass is 10.0. The summed E-state index contributed by atoms with van der Waals surface area (Å²) in [7, 11) is -2.65. The number of sulfonamides is 1. The molecule has 1 N–H and O–H groups in total. The van der Waals surface area contributed by atoms with Crippen LogP contribution in [-0.4, -0.2) is 57.6 Å². The lowest BCUT2D eigenvalue weighted by molar-refractivity contribution is -0.140. The Morgan fingerprint density at radius 2 is 1.73 bits per heavy atom. The van der Waals surface area contributed by atoms with Gasteiger partial charge in [0.15, 0.2) is 0 Å². The van der Waals surface area contributed by atoms with Crippen LogP contribution in [0.3, 0.4) is 0 Å². The first-order valence-corrected chi connectivity index (χ1v) is 14.9. The molecule has 0 bridgehead atoms. The zero-order chi connectivity index (χ0) is 29.3. The van der Waals surface area contributed by atoms with E-state index in [0.717, 1.165) is 16.1 Å². The van der Waals surface area contributed by atoms with Gasteiger partial charge in [-0.3, -0.25) is 13.9 Å². The summed E-state index contributed by atoms with van der Waals surface area (Å²) in [6.07, 6.45) is 1.76. The minimum absolute atomic E-state index is 0.0618. The van der Waals surface area contributed by atoms with Crippen LogP contribution in [0.25, 0.3) is 0 Å². The van der Waals surface area contributed by atoms with Crippen molar-refractivity contribution in [3.05, 3.63) is 94.8 Å². The Labute approximate surface area is 239 Å². The zero-order valence-corrected chi connectivity index (χ0v) is 24.2. The van der Waals surface area contributed by atoms with Crippen LogP contribution in [-0.2, 0) is 32.6 Å². The van der Waals surface area contributed by atoms with Gasteiger partial charge in [0.2, 0.25) is 21.8 Å². The Morgan fingerprint density at radius 3 is 2.35 bits per heavy atom. The maximum atomic E-state index is 14.8. The highest BCUT2D eigenvalue weighted by atomic mass is 35.5. The van der Waals surface area contributed by atoms with Crippen molar-refractivity contribution in [1.29, 1.82) is 0 Å². The summed E-state index contributed by atoms with van der Waals surface area (Å²) in [5.41, 5.74) is 1.03.